The number of benzene rings is 2. The van der Waals surface area contributed by atoms with Gasteiger partial charge in [0.25, 0.3) is 0 Å². The molecule has 0 saturated heterocycles. The molecule has 0 aliphatic carbocycles. The van der Waals surface area contributed by atoms with Crippen LogP contribution in [-0.4, -0.2) is 9.13 Å². The summed E-state index contributed by atoms with van der Waals surface area (Å²) >= 11 is 0. The summed E-state index contributed by atoms with van der Waals surface area (Å²) in [7, 11) is -1.36. The van der Waals surface area contributed by atoms with Crippen LogP contribution in [0.3, 0.4) is 0 Å². The van der Waals surface area contributed by atoms with Crippen molar-refractivity contribution in [2.75, 3.05) is 0 Å². The van der Waals surface area contributed by atoms with Crippen LogP contribution in [0, 0.1) is 17.0 Å². The molecule has 0 aliphatic rings. The molecule has 102 valence electrons. The lowest BCUT2D eigenvalue weighted by atomic mass is 10.2. The molecular weight excluding hydrogens is 274 g/mol. The second-order valence-corrected chi connectivity index (χ2v) is 5.67. The Balaban J connectivity index is 2.39. The van der Waals surface area contributed by atoms with Crippen LogP contribution in [0.5, 0.6) is 0 Å². The molecule has 0 saturated carbocycles. The van der Waals surface area contributed by atoms with Gasteiger partial charge in [0.2, 0.25) is 6.20 Å². The van der Waals surface area contributed by atoms with E-state index in [4.69, 9.17) is 0 Å². The predicted octanol–water partition coefficient (Wildman–Crippen LogP) is 3.41. The van der Waals surface area contributed by atoms with Crippen LogP contribution in [0.25, 0.3) is 6.08 Å². The van der Waals surface area contributed by atoms with Gasteiger partial charge >= 0.3 is 0 Å². The highest BCUT2D eigenvalue weighted by Crippen LogP contribution is 2.21. The van der Waals surface area contributed by atoms with Gasteiger partial charge in [0.1, 0.15) is 0 Å². The molecule has 5 heteroatoms. The number of hydrogen-bond donors (Lipinski definition) is 0. The third-order valence-corrected chi connectivity index (χ3v) is 4.20. The minimum Gasteiger partial charge on any atom is -0.259 e. The second-order valence-electron chi connectivity index (χ2n) is 4.22. The molecule has 2 rings (SSSR count). The molecule has 0 N–H and O–H groups in total. The SMILES string of the molecule is Cc1ccc(S(=O)c2ccccc2/C=C/[N+](=O)[O-])cc1. The summed E-state index contributed by atoms with van der Waals surface area (Å²) in [6, 6.07) is 14.3. The van der Waals surface area contributed by atoms with E-state index in [1.807, 2.05) is 19.1 Å². The van der Waals surface area contributed by atoms with Crippen molar-refractivity contribution in [1.82, 2.24) is 0 Å². The lowest BCUT2D eigenvalue weighted by molar-refractivity contribution is -0.400. The first-order chi connectivity index (χ1) is 9.58. The van der Waals surface area contributed by atoms with E-state index in [0.29, 0.717) is 15.4 Å². The zero-order valence-corrected chi connectivity index (χ0v) is 11.7. The Morgan fingerprint density at radius 3 is 2.40 bits per heavy atom. The summed E-state index contributed by atoms with van der Waals surface area (Å²) in [4.78, 5) is 11.1. The Labute approximate surface area is 119 Å². The van der Waals surface area contributed by atoms with Crippen LogP contribution in [-0.2, 0) is 10.8 Å². The fraction of sp³-hybridized carbons (Fsp3) is 0.0667. The Morgan fingerprint density at radius 2 is 1.75 bits per heavy atom. The van der Waals surface area contributed by atoms with Gasteiger partial charge in [-0.05, 0) is 30.7 Å². The van der Waals surface area contributed by atoms with E-state index in [2.05, 4.69) is 0 Å². The Kier molecular flexibility index (Phi) is 4.42. The molecule has 0 aliphatic heterocycles. The zero-order chi connectivity index (χ0) is 14.5. The van der Waals surface area contributed by atoms with E-state index in [1.54, 1.807) is 36.4 Å². The maximum Gasteiger partial charge on any atom is 0.235 e. The molecule has 1 unspecified atom stereocenters. The first kappa shape index (κ1) is 14.1. The predicted molar refractivity (Wildman–Crippen MR) is 78.3 cm³/mol. The molecule has 2 aromatic rings. The molecule has 0 heterocycles. The van der Waals surface area contributed by atoms with Gasteiger partial charge < -0.3 is 0 Å². The normalized spacial score (nSPS) is 12.4. The van der Waals surface area contributed by atoms with E-state index in [-0.39, 0.29) is 0 Å². The smallest absolute Gasteiger partial charge is 0.235 e. The van der Waals surface area contributed by atoms with Crippen molar-refractivity contribution in [2.24, 2.45) is 0 Å². The number of nitro groups is 1. The van der Waals surface area contributed by atoms with E-state index in [9.17, 15) is 14.3 Å². The monoisotopic (exact) mass is 287 g/mol. The van der Waals surface area contributed by atoms with Crippen molar-refractivity contribution >= 4 is 16.9 Å². The molecule has 20 heavy (non-hydrogen) atoms. The minimum absolute atomic E-state index is 0.536. The van der Waals surface area contributed by atoms with Crippen molar-refractivity contribution in [1.29, 1.82) is 0 Å². The van der Waals surface area contributed by atoms with Gasteiger partial charge in [-0.3, -0.25) is 10.1 Å². The highest BCUT2D eigenvalue weighted by molar-refractivity contribution is 7.85. The van der Waals surface area contributed by atoms with Gasteiger partial charge in [-0.2, -0.15) is 0 Å². The summed E-state index contributed by atoms with van der Waals surface area (Å²) in [6.45, 7) is 1.96. The number of aryl methyl sites for hydroxylation is 1. The summed E-state index contributed by atoms with van der Waals surface area (Å²) in [6.07, 6.45) is 2.21. The van der Waals surface area contributed by atoms with Crippen LogP contribution >= 0.6 is 0 Å². The standard InChI is InChI=1S/C15H13NO3S/c1-12-6-8-14(9-7-12)20(19)15-5-3-2-4-13(15)10-11-16(17)18/h2-11H,1H3/b11-10+. The van der Waals surface area contributed by atoms with Crippen LogP contribution in [0.2, 0.25) is 0 Å². The average Bonchev–Trinajstić information content (AvgIpc) is 2.45. The summed E-state index contributed by atoms with van der Waals surface area (Å²) in [5.41, 5.74) is 1.68. The third-order valence-electron chi connectivity index (χ3n) is 2.73. The Morgan fingerprint density at radius 1 is 1.10 bits per heavy atom. The van der Waals surface area contributed by atoms with Gasteiger partial charge in [-0.25, -0.2) is 4.21 Å². The number of hydrogen-bond acceptors (Lipinski definition) is 3. The first-order valence-electron chi connectivity index (χ1n) is 5.97. The molecule has 0 spiro atoms. The van der Waals surface area contributed by atoms with Crippen LogP contribution < -0.4 is 0 Å². The molecule has 4 nitrogen and oxygen atoms in total. The highest BCUT2D eigenvalue weighted by atomic mass is 32.2. The van der Waals surface area contributed by atoms with Gasteiger partial charge in [-0.15, -0.1) is 0 Å². The summed E-state index contributed by atoms with van der Waals surface area (Å²) in [5, 5.41) is 10.4. The second kappa shape index (κ2) is 6.25. The zero-order valence-electron chi connectivity index (χ0n) is 10.9. The molecule has 0 fully saturated rings. The number of rotatable bonds is 4. The fourth-order valence-corrected chi connectivity index (χ4v) is 2.91. The maximum absolute atomic E-state index is 12.5. The van der Waals surface area contributed by atoms with Crippen LogP contribution in [0.4, 0.5) is 0 Å². The molecule has 0 radical (unpaired) electrons. The summed E-state index contributed by atoms with van der Waals surface area (Å²) in [5.74, 6) is 0. The molecule has 0 amide bonds. The van der Waals surface area contributed by atoms with E-state index in [1.165, 1.54) is 6.08 Å². The van der Waals surface area contributed by atoms with Crippen molar-refractivity contribution < 1.29 is 9.13 Å². The molecule has 0 aromatic heterocycles. The lowest BCUT2D eigenvalue weighted by Gasteiger charge is -2.06. The topological polar surface area (TPSA) is 60.2 Å². The Bertz CT molecular complexity index is 678. The van der Waals surface area contributed by atoms with Crippen LogP contribution in [0.15, 0.2) is 64.5 Å². The summed E-state index contributed by atoms with van der Waals surface area (Å²) < 4.78 is 12.5. The maximum atomic E-state index is 12.5. The van der Waals surface area contributed by atoms with Gasteiger partial charge in [-0.1, -0.05) is 35.9 Å². The quantitative estimate of drug-likeness (QED) is 0.639. The third kappa shape index (κ3) is 3.39. The average molecular weight is 287 g/mol. The van der Waals surface area contributed by atoms with Gasteiger partial charge in [0.05, 0.1) is 20.6 Å². The van der Waals surface area contributed by atoms with Crippen LogP contribution in [0.1, 0.15) is 11.1 Å². The van der Waals surface area contributed by atoms with Crippen molar-refractivity contribution in [3.05, 3.63) is 76.0 Å². The minimum atomic E-state index is -1.36. The molecule has 2 aromatic carbocycles. The van der Waals surface area contributed by atoms with E-state index < -0.39 is 15.7 Å². The molecule has 0 bridgehead atoms. The van der Waals surface area contributed by atoms with Crippen molar-refractivity contribution in [3.63, 3.8) is 0 Å². The Hall–Kier alpha value is -2.27. The first-order valence-corrected chi connectivity index (χ1v) is 7.12. The fourth-order valence-electron chi connectivity index (χ4n) is 1.72. The molecule has 1 atom stereocenters. The number of nitrogens with zero attached hydrogens (tertiary/aromatic N) is 1. The van der Waals surface area contributed by atoms with Gasteiger partial charge in [0, 0.05) is 11.0 Å². The van der Waals surface area contributed by atoms with Gasteiger partial charge in [0.15, 0.2) is 0 Å². The van der Waals surface area contributed by atoms with E-state index >= 15 is 0 Å². The van der Waals surface area contributed by atoms with Crippen molar-refractivity contribution in [3.8, 4) is 0 Å². The van der Waals surface area contributed by atoms with Crippen molar-refractivity contribution in [2.45, 2.75) is 16.7 Å². The highest BCUT2D eigenvalue weighted by Gasteiger charge is 2.10. The lowest BCUT2D eigenvalue weighted by Crippen LogP contribution is -1.96. The molecular formula is C15H13NO3S. The van der Waals surface area contributed by atoms with E-state index in [0.717, 1.165) is 11.8 Å². The largest absolute Gasteiger partial charge is 0.259 e.